The molecular formula is C24H27N3O4. The number of amides is 3. The third-order valence-electron chi connectivity index (χ3n) is 4.82. The van der Waals surface area contributed by atoms with Crippen LogP contribution in [0.5, 0.6) is 5.75 Å². The number of furan rings is 1. The Morgan fingerprint density at radius 2 is 1.65 bits per heavy atom. The molecular weight excluding hydrogens is 394 g/mol. The Balaban J connectivity index is 1.43. The van der Waals surface area contributed by atoms with Crippen molar-refractivity contribution in [3.8, 4) is 5.75 Å². The van der Waals surface area contributed by atoms with Crippen LogP contribution in [0.3, 0.4) is 0 Å². The van der Waals surface area contributed by atoms with E-state index in [0.717, 1.165) is 5.56 Å². The predicted octanol–water partition coefficient (Wildman–Crippen LogP) is 4.09. The van der Waals surface area contributed by atoms with Crippen molar-refractivity contribution in [2.24, 2.45) is 0 Å². The maximum atomic E-state index is 12.2. The van der Waals surface area contributed by atoms with E-state index >= 15 is 0 Å². The highest BCUT2D eigenvalue weighted by molar-refractivity contribution is 5.92. The molecule has 3 aromatic rings. The largest absolute Gasteiger partial charge is 0.486 e. The first-order valence-electron chi connectivity index (χ1n) is 10.0. The van der Waals surface area contributed by atoms with Crippen LogP contribution in [-0.4, -0.2) is 18.5 Å². The molecule has 0 atom stereocenters. The van der Waals surface area contributed by atoms with E-state index in [1.165, 1.54) is 11.6 Å². The maximum absolute atomic E-state index is 12.2. The zero-order chi connectivity index (χ0) is 22.3. The van der Waals surface area contributed by atoms with E-state index in [2.05, 4.69) is 16.2 Å². The van der Waals surface area contributed by atoms with Crippen LogP contribution in [0.15, 0.2) is 71.1 Å². The van der Waals surface area contributed by atoms with Crippen molar-refractivity contribution in [1.29, 1.82) is 0 Å². The summed E-state index contributed by atoms with van der Waals surface area (Å²) in [5, 5.41) is 2.77. The number of carbonyl (C=O) groups is 2. The van der Waals surface area contributed by atoms with E-state index in [0.29, 0.717) is 18.1 Å². The van der Waals surface area contributed by atoms with Gasteiger partial charge >= 0.3 is 11.9 Å². The number of carbonyl (C=O) groups excluding carboxylic acids is 2. The summed E-state index contributed by atoms with van der Waals surface area (Å²) in [7, 11) is 0. The fourth-order valence-electron chi connectivity index (χ4n) is 2.88. The molecule has 7 heteroatoms. The highest BCUT2D eigenvalue weighted by Crippen LogP contribution is 2.22. The van der Waals surface area contributed by atoms with Crippen LogP contribution in [-0.2, 0) is 12.0 Å². The van der Waals surface area contributed by atoms with Gasteiger partial charge in [0.25, 0.3) is 0 Å². The number of para-hydroxylation sites is 1. The van der Waals surface area contributed by atoms with E-state index in [-0.39, 0.29) is 17.8 Å². The average Bonchev–Trinajstić information content (AvgIpc) is 3.25. The first kappa shape index (κ1) is 22.0. The number of rotatable bonds is 7. The van der Waals surface area contributed by atoms with Gasteiger partial charge in [0.05, 0.1) is 0 Å². The maximum Gasteiger partial charge on any atom is 0.333 e. The molecule has 1 heterocycles. The standard InChI is InChI=1S/C24H27N3O4/c1-17-9-11-18(12-10-17)24(2,3)16-25-23(29)27-26-22(28)21-14-13-20(31-21)15-30-19-7-5-4-6-8-19/h4-14H,15-16H2,1-3H3,(H,26,28)(H2,25,27,29). The SMILES string of the molecule is Cc1ccc(C(C)(C)CNC(=O)NNC(=O)c2ccc(COc3ccccc3)o2)cc1. The quantitative estimate of drug-likeness (QED) is 0.501. The molecule has 0 radical (unpaired) electrons. The van der Waals surface area contributed by atoms with Gasteiger partial charge in [0.15, 0.2) is 5.76 Å². The van der Waals surface area contributed by atoms with Crippen LogP contribution in [0.4, 0.5) is 4.79 Å². The molecule has 0 aliphatic carbocycles. The van der Waals surface area contributed by atoms with Crippen molar-refractivity contribution >= 4 is 11.9 Å². The van der Waals surface area contributed by atoms with E-state index in [4.69, 9.17) is 9.15 Å². The number of urea groups is 1. The number of hydrogen-bond acceptors (Lipinski definition) is 4. The fourth-order valence-corrected chi connectivity index (χ4v) is 2.88. The molecule has 7 nitrogen and oxygen atoms in total. The van der Waals surface area contributed by atoms with Crippen LogP contribution >= 0.6 is 0 Å². The average molecular weight is 421 g/mol. The van der Waals surface area contributed by atoms with Gasteiger partial charge in [-0.25, -0.2) is 10.2 Å². The number of hydrogen-bond donors (Lipinski definition) is 3. The van der Waals surface area contributed by atoms with Gasteiger partial charge in [-0.15, -0.1) is 0 Å². The predicted molar refractivity (Wildman–Crippen MR) is 118 cm³/mol. The van der Waals surface area contributed by atoms with Gasteiger partial charge in [0.1, 0.15) is 18.1 Å². The normalized spacial score (nSPS) is 10.9. The first-order chi connectivity index (χ1) is 14.8. The smallest absolute Gasteiger partial charge is 0.333 e. The number of benzene rings is 2. The molecule has 0 aliphatic heterocycles. The number of ether oxygens (including phenoxy) is 1. The Bertz CT molecular complexity index is 1010. The van der Waals surface area contributed by atoms with Gasteiger partial charge in [-0.1, -0.05) is 61.9 Å². The van der Waals surface area contributed by atoms with E-state index in [1.54, 1.807) is 6.07 Å². The summed E-state index contributed by atoms with van der Waals surface area (Å²) in [5.74, 6) is 0.723. The highest BCUT2D eigenvalue weighted by atomic mass is 16.5. The Morgan fingerprint density at radius 1 is 0.935 bits per heavy atom. The lowest BCUT2D eigenvalue weighted by Gasteiger charge is -2.25. The van der Waals surface area contributed by atoms with Crippen molar-refractivity contribution in [3.05, 3.63) is 89.4 Å². The highest BCUT2D eigenvalue weighted by Gasteiger charge is 2.21. The second-order valence-electron chi connectivity index (χ2n) is 7.88. The Hall–Kier alpha value is -3.74. The van der Waals surface area contributed by atoms with Gasteiger partial charge in [0, 0.05) is 12.0 Å². The van der Waals surface area contributed by atoms with Crippen LogP contribution in [0.1, 0.15) is 41.3 Å². The molecule has 31 heavy (non-hydrogen) atoms. The topological polar surface area (TPSA) is 92.6 Å². The Labute approximate surface area is 181 Å². The molecule has 162 valence electrons. The van der Waals surface area contributed by atoms with Gasteiger partial charge in [-0.2, -0.15) is 0 Å². The molecule has 1 aromatic heterocycles. The lowest BCUT2D eigenvalue weighted by atomic mass is 9.84. The molecule has 3 N–H and O–H groups in total. The monoisotopic (exact) mass is 421 g/mol. The molecule has 0 aliphatic rings. The third-order valence-corrected chi connectivity index (χ3v) is 4.82. The molecule has 0 unspecified atom stereocenters. The summed E-state index contributed by atoms with van der Waals surface area (Å²) in [6, 6.07) is 20.2. The van der Waals surface area contributed by atoms with Crippen molar-refractivity contribution in [2.45, 2.75) is 32.8 Å². The summed E-state index contributed by atoms with van der Waals surface area (Å²) < 4.78 is 11.1. The lowest BCUT2D eigenvalue weighted by Crippen LogP contribution is -2.49. The van der Waals surface area contributed by atoms with Gasteiger partial charge < -0.3 is 14.5 Å². The second kappa shape index (κ2) is 9.84. The molecule has 0 saturated carbocycles. The van der Waals surface area contributed by atoms with Gasteiger partial charge in [-0.05, 0) is 36.8 Å². The van der Waals surface area contributed by atoms with Crippen LogP contribution in [0, 0.1) is 6.92 Å². The van der Waals surface area contributed by atoms with Crippen molar-refractivity contribution in [3.63, 3.8) is 0 Å². The Morgan fingerprint density at radius 3 is 2.35 bits per heavy atom. The second-order valence-corrected chi connectivity index (χ2v) is 7.88. The van der Waals surface area contributed by atoms with Crippen molar-refractivity contribution in [2.75, 3.05) is 6.54 Å². The fraction of sp³-hybridized carbons (Fsp3) is 0.250. The van der Waals surface area contributed by atoms with Crippen LogP contribution in [0.2, 0.25) is 0 Å². The molecule has 0 bridgehead atoms. The molecule has 0 spiro atoms. The number of nitrogens with one attached hydrogen (secondary N) is 3. The first-order valence-corrected chi connectivity index (χ1v) is 10.0. The molecule has 0 fully saturated rings. The number of aryl methyl sites for hydroxylation is 1. The van der Waals surface area contributed by atoms with Gasteiger partial charge in [-0.3, -0.25) is 10.2 Å². The van der Waals surface area contributed by atoms with Crippen LogP contribution < -0.4 is 20.9 Å². The summed E-state index contributed by atoms with van der Waals surface area (Å²) in [4.78, 5) is 24.3. The summed E-state index contributed by atoms with van der Waals surface area (Å²) in [6.07, 6.45) is 0. The molecule has 3 rings (SSSR count). The lowest BCUT2D eigenvalue weighted by molar-refractivity contribution is 0.0904. The minimum absolute atomic E-state index is 0.0759. The van der Waals surface area contributed by atoms with Crippen LogP contribution in [0.25, 0.3) is 0 Å². The van der Waals surface area contributed by atoms with Crippen molar-refractivity contribution in [1.82, 2.24) is 16.2 Å². The molecule has 3 amide bonds. The summed E-state index contributed by atoms with van der Waals surface area (Å²) in [5.41, 5.74) is 6.71. The zero-order valence-corrected chi connectivity index (χ0v) is 17.9. The number of hydrazine groups is 1. The minimum atomic E-state index is -0.557. The van der Waals surface area contributed by atoms with E-state index in [1.807, 2.05) is 75.4 Å². The molecule has 2 aromatic carbocycles. The Kier molecular flexibility index (Phi) is 6.97. The van der Waals surface area contributed by atoms with E-state index < -0.39 is 11.9 Å². The molecule has 0 saturated heterocycles. The minimum Gasteiger partial charge on any atom is -0.486 e. The zero-order valence-electron chi connectivity index (χ0n) is 17.9. The van der Waals surface area contributed by atoms with E-state index in [9.17, 15) is 9.59 Å². The summed E-state index contributed by atoms with van der Waals surface area (Å²) >= 11 is 0. The van der Waals surface area contributed by atoms with Gasteiger partial charge in [0.2, 0.25) is 0 Å². The summed E-state index contributed by atoms with van der Waals surface area (Å²) in [6.45, 7) is 6.71. The van der Waals surface area contributed by atoms with Crippen molar-refractivity contribution < 1.29 is 18.7 Å². The third kappa shape index (κ3) is 6.37.